The van der Waals surface area contributed by atoms with Crippen LogP contribution in [0.5, 0.6) is 5.88 Å². The van der Waals surface area contributed by atoms with Gasteiger partial charge in [0.15, 0.2) is 5.16 Å². The Bertz CT molecular complexity index is 611. The predicted molar refractivity (Wildman–Crippen MR) is 86.1 cm³/mol. The highest BCUT2D eigenvalue weighted by Crippen LogP contribution is 2.22. The Kier molecular flexibility index (Phi) is 5.46. The van der Waals surface area contributed by atoms with Crippen LogP contribution in [0.1, 0.15) is 31.2 Å². The molecule has 122 valence electrons. The Morgan fingerprint density at radius 3 is 2.91 bits per heavy atom. The molecule has 2 N–H and O–H groups in total. The molecule has 0 bridgehead atoms. The van der Waals surface area contributed by atoms with E-state index in [0.29, 0.717) is 29.4 Å². The number of aromatic amines is 1. The number of aromatic nitrogens is 4. The molecule has 2 heterocycles. The van der Waals surface area contributed by atoms with E-state index in [-0.39, 0.29) is 5.91 Å². The van der Waals surface area contributed by atoms with Crippen molar-refractivity contribution in [1.29, 1.82) is 0 Å². The van der Waals surface area contributed by atoms with Crippen LogP contribution in [0.2, 0.25) is 0 Å². The molecule has 23 heavy (non-hydrogen) atoms. The molecule has 0 saturated heterocycles. The third-order valence-corrected chi connectivity index (χ3v) is 4.49. The molecule has 2 aromatic heterocycles. The van der Waals surface area contributed by atoms with Crippen molar-refractivity contribution in [1.82, 2.24) is 25.5 Å². The molecule has 0 unspecified atom stereocenters. The number of hydrogen-bond donors (Lipinski definition) is 2. The first-order valence-electron chi connectivity index (χ1n) is 7.66. The topological polar surface area (TPSA) is 92.8 Å². The van der Waals surface area contributed by atoms with E-state index in [1.54, 1.807) is 6.20 Å². The van der Waals surface area contributed by atoms with E-state index in [2.05, 4.69) is 25.5 Å². The fourth-order valence-electron chi connectivity index (χ4n) is 2.41. The number of hydrogen-bond acceptors (Lipinski definition) is 6. The van der Waals surface area contributed by atoms with Crippen molar-refractivity contribution in [2.75, 3.05) is 5.75 Å². The third kappa shape index (κ3) is 4.95. The molecule has 0 aromatic carbocycles. The summed E-state index contributed by atoms with van der Waals surface area (Å²) in [5, 5.41) is 9.92. The molecule has 0 radical (unpaired) electrons. The first-order chi connectivity index (χ1) is 11.3. The zero-order valence-electron chi connectivity index (χ0n) is 12.7. The van der Waals surface area contributed by atoms with E-state index >= 15 is 0 Å². The van der Waals surface area contributed by atoms with Gasteiger partial charge in [-0.05, 0) is 31.2 Å². The lowest BCUT2D eigenvalue weighted by Crippen LogP contribution is -2.24. The van der Waals surface area contributed by atoms with Gasteiger partial charge in [-0.1, -0.05) is 17.8 Å². The molecular formula is C15H19N5O2S. The molecule has 1 saturated carbocycles. The van der Waals surface area contributed by atoms with Gasteiger partial charge in [-0.25, -0.2) is 9.97 Å². The molecule has 1 amide bonds. The number of nitrogens with zero attached hydrogens (tertiary/aromatic N) is 3. The van der Waals surface area contributed by atoms with Crippen LogP contribution in [-0.4, -0.2) is 37.9 Å². The minimum absolute atomic E-state index is 0.0577. The number of rotatable bonds is 7. The van der Waals surface area contributed by atoms with Crippen molar-refractivity contribution < 1.29 is 9.53 Å². The molecular weight excluding hydrogens is 314 g/mol. The number of amides is 1. The highest BCUT2D eigenvalue weighted by Gasteiger charge is 2.16. The van der Waals surface area contributed by atoms with Crippen LogP contribution in [0.25, 0.3) is 0 Å². The summed E-state index contributed by atoms with van der Waals surface area (Å²) >= 11 is 1.31. The van der Waals surface area contributed by atoms with Gasteiger partial charge in [0, 0.05) is 18.8 Å². The summed E-state index contributed by atoms with van der Waals surface area (Å²) in [5.74, 6) is 0.899. The summed E-state index contributed by atoms with van der Waals surface area (Å²) in [4.78, 5) is 20.0. The molecule has 0 spiro atoms. The van der Waals surface area contributed by atoms with E-state index in [0.717, 1.165) is 18.4 Å². The predicted octanol–water partition coefficient (Wildman–Crippen LogP) is 1.93. The second-order valence-corrected chi connectivity index (χ2v) is 6.35. The Hall–Kier alpha value is -2.09. The zero-order valence-corrected chi connectivity index (χ0v) is 13.5. The molecule has 0 aliphatic heterocycles. The van der Waals surface area contributed by atoms with Crippen LogP contribution >= 0.6 is 11.8 Å². The van der Waals surface area contributed by atoms with Gasteiger partial charge in [-0.15, -0.1) is 0 Å². The number of pyridine rings is 1. The van der Waals surface area contributed by atoms with Gasteiger partial charge in [-0.2, -0.15) is 5.10 Å². The Labute approximate surface area is 138 Å². The lowest BCUT2D eigenvalue weighted by Gasteiger charge is -2.12. The van der Waals surface area contributed by atoms with Crippen molar-refractivity contribution >= 4 is 17.7 Å². The molecule has 1 aliphatic rings. The van der Waals surface area contributed by atoms with Crippen LogP contribution in [0, 0.1) is 0 Å². The molecule has 1 aliphatic carbocycles. The van der Waals surface area contributed by atoms with E-state index in [1.165, 1.54) is 30.9 Å². The average Bonchev–Trinajstić information content (AvgIpc) is 3.26. The number of carbonyl (C=O) groups is 1. The highest BCUT2D eigenvalue weighted by molar-refractivity contribution is 7.99. The van der Waals surface area contributed by atoms with Gasteiger partial charge >= 0.3 is 0 Å². The van der Waals surface area contributed by atoms with Crippen molar-refractivity contribution in [3.8, 4) is 5.88 Å². The van der Waals surface area contributed by atoms with Gasteiger partial charge in [0.25, 0.3) is 0 Å². The summed E-state index contributed by atoms with van der Waals surface area (Å²) < 4.78 is 5.82. The number of nitrogens with one attached hydrogen (secondary N) is 2. The molecule has 7 nitrogen and oxygen atoms in total. The number of H-pyrrole nitrogens is 1. The van der Waals surface area contributed by atoms with Gasteiger partial charge in [0.1, 0.15) is 12.4 Å². The van der Waals surface area contributed by atoms with Crippen LogP contribution in [0.3, 0.4) is 0 Å². The second-order valence-electron chi connectivity index (χ2n) is 5.39. The van der Waals surface area contributed by atoms with Gasteiger partial charge in [-0.3, -0.25) is 9.89 Å². The monoisotopic (exact) mass is 333 g/mol. The molecule has 8 heteroatoms. The van der Waals surface area contributed by atoms with Crippen LogP contribution < -0.4 is 10.1 Å². The minimum atomic E-state index is -0.0577. The van der Waals surface area contributed by atoms with E-state index in [1.807, 2.05) is 12.1 Å². The van der Waals surface area contributed by atoms with E-state index in [9.17, 15) is 4.79 Å². The van der Waals surface area contributed by atoms with E-state index in [4.69, 9.17) is 4.74 Å². The van der Waals surface area contributed by atoms with Crippen molar-refractivity contribution in [2.24, 2.45) is 0 Å². The Morgan fingerprint density at radius 2 is 2.22 bits per heavy atom. The maximum atomic E-state index is 11.8. The van der Waals surface area contributed by atoms with Gasteiger partial charge in [0.2, 0.25) is 11.8 Å². The lowest BCUT2D eigenvalue weighted by molar-refractivity contribution is -0.118. The first kappa shape index (κ1) is 15.8. The van der Waals surface area contributed by atoms with E-state index < -0.39 is 0 Å². The Morgan fingerprint density at radius 1 is 1.35 bits per heavy atom. The van der Waals surface area contributed by atoms with Crippen molar-refractivity contribution in [3.63, 3.8) is 0 Å². The van der Waals surface area contributed by atoms with Crippen LogP contribution in [-0.2, 0) is 11.3 Å². The average molecular weight is 333 g/mol. The van der Waals surface area contributed by atoms with Crippen molar-refractivity contribution in [3.05, 3.63) is 30.2 Å². The number of ether oxygens (including phenoxy) is 1. The summed E-state index contributed by atoms with van der Waals surface area (Å²) in [6.07, 6.45) is 8.17. The fraction of sp³-hybridized carbons (Fsp3) is 0.467. The quantitative estimate of drug-likeness (QED) is 0.752. The largest absolute Gasteiger partial charge is 0.474 e. The fourth-order valence-corrected chi connectivity index (χ4v) is 3.02. The Balaban J connectivity index is 1.40. The van der Waals surface area contributed by atoms with Crippen LogP contribution in [0.4, 0.5) is 0 Å². The maximum Gasteiger partial charge on any atom is 0.230 e. The standard InChI is InChI=1S/C15H19N5O2S/c21-13(9-23-15-18-10-19-20-15)16-7-11-5-6-14(17-8-11)22-12-3-1-2-4-12/h5-6,8,10,12H,1-4,7,9H2,(H,16,21)(H,18,19,20). The van der Waals surface area contributed by atoms with Gasteiger partial charge in [0.05, 0.1) is 5.75 Å². The summed E-state index contributed by atoms with van der Waals surface area (Å²) in [6, 6.07) is 3.80. The highest BCUT2D eigenvalue weighted by atomic mass is 32.2. The molecule has 3 rings (SSSR count). The third-order valence-electron chi connectivity index (χ3n) is 3.61. The molecule has 1 fully saturated rings. The van der Waals surface area contributed by atoms with Crippen LogP contribution in [0.15, 0.2) is 29.8 Å². The molecule has 0 atom stereocenters. The summed E-state index contributed by atoms with van der Waals surface area (Å²) in [7, 11) is 0. The van der Waals surface area contributed by atoms with Gasteiger partial charge < -0.3 is 10.1 Å². The smallest absolute Gasteiger partial charge is 0.230 e. The zero-order chi connectivity index (χ0) is 15.9. The lowest BCUT2D eigenvalue weighted by atomic mass is 10.3. The second kappa shape index (κ2) is 7.96. The van der Waals surface area contributed by atoms with Crippen molar-refractivity contribution in [2.45, 2.75) is 43.5 Å². The molecule has 2 aromatic rings. The maximum absolute atomic E-state index is 11.8. The summed E-state index contributed by atoms with van der Waals surface area (Å²) in [6.45, 7) is 0.451. The number of carbonyl (C=O) groups excluding carboxylic acids is 1. The summed E-state index contributed by atoms with van der Waals surface area (Å²) in [5.41, 5.74) is 0.946. The first-order valence-corrected chi connectivity index (χ1v) is 8.64. The normalized spacial score (nSPS) is 14.8. The minimum Gasteiger partial charge on any atom is -0.474 e. The number of thioether (sulfide) groups is 1. The SMILES string of the molecule is O=C(CSc1ncn[nH]1)NCc1ccc(OC2CCCC2)nc1.